The molecule has 0 saturated heterocycles. The van der Waals surface area contributed by atoms with Crippen molar-refractivity contribution in [2.45, 2.75) is 6.54 Å². The minimum absolute atomic E-state index is 0. The van der Waals surface area contributed by atoms with Crippen LogP contribution in [0.4, 0.5) is 0 Å². The molecule has 0 bridgehead atoms. The quantitative estimate of drug-likeness (QED) is 0.828. The number of nitrogens with two attached hydrogens (primary N) is 1. The zero-order valence-electron chi connectivity index (χ0n) is 6.75. The molecule has 1 aromatic carbocycles. The molecule has 0 saturated carbocycles. The van der Waals surface area contributed by atoms with Crippen LogP contribution in [0.25, 0.3) is 10.9 Å². The van der Waals surface area contributed by atoms with Gasteiger partial charge in [-0.15, -0.1) is 12.4 Å². The molecular formula is C8H9BrClN3. The van der Waals surface area contributed by atoms with Crippen LogP contribution in [0.5, 0.6) is 0 Å². The molecule has 0 spiro atoms. The lowest BCUT2D eigenvalue weighted by Crippen LogP contribution is -1.96. The van der Waals surface area contributed by atoms with Gasteiger partial charge in [0.25, 0.3) is 0 Å². The molecule has 1 heterocycles. The third-order valence-electron chi connectivity index (χ3n) is 1.80. The Morgan fingerprint density at radius 3 is 2.92 bits per heavy atom. The number of nitrogens with zero attached hydrogens (tertiary/aromatic N) is 1. The number of aromatic nitrogens is 2. The van der Waals surface area contributed by atoms with Gasteiger partial charge in [0.15, 0.2) is 0 Å². The van der Waals surface area contributed by atoms with Gasteiger partial charge in [0.05, 0.1) is 11.2 Å². The van der Waals surface area contributed by atoms with E-state index in [2.05, 4.69) is 26.1 Å². The maximum absolute atomic E-state index is 5.52. The van der Waals surface area contributed by atoms with Crippen LogP contribution in [0.2, 0.25) is 0 Å². The summed E-state index contributed by atoms with van der Waals surface area (Å²) in [7, 11) is 0. The van der Waals surface area contributed by atoms with Gasteiger partial charge in [-0.25, -0.2) is 0 Å². The lowest BCUT2D eigenvalue weighted by atomic mass is 10.2. The number of rotatable bonds is 1. The highest BCUT2D eigenvalue weighted by Crippen LogP contribution is 2.19. The van der Waals surface area contributed by atoms with E-state index in [-0.39, 0.29) is 12.4 Å². The van der Waals surface area contributed by atoms with Gasteiger partial charge >= 0.3 is 0 Å². The summed E-state index contributed by atoms with van der Waals surface area (Å²) in [4.78, 5) is 0. The Morgan fingerprint density at radius 1 is 1.46 bits per heavy atom. The first-order valence-electron chi connectivity index (χ1n) is 3.64. The highest BCUT2D eigenvalue weighted by molar-refractivity contribution is 9.10. The predicted octanol–water partition coefficient (Wildman–Crippen LogP) is 2.21. The van der Waals surface area contributed by atoms with Crippen LogP contribution in [0.3, 0.4) is 0 Å². The minimum atomic E-state index is 0. The Hall–Kier alpha value is -0.580. The Bertz CT molecular complexity index is 413. The van der Waals surface area contributed by atoms with E-state index >= 15 is 0 Å². The maximum atomic E-state index is 5.52. The van der Waals surface area contributed by atoms with E-state index in [0.29, 0.717) is 6.54 Å². The molecule has 0 fully saturated rings. The largest absolute Gasteiger partial charge is 0.325 e. The predicted molar refractivity (Wildman–Crippen MR) is 58.9 cm³/mol. The third kappa shape index (κ3) is 1.85. The number of H-pyrrole nitrogens is 1. The second-order valence-corrected chi connectivity index (χ2v) is 3.48. The smallest absolute Gasteiger partial charge is 0.0935 e. The van der Waals surface area contributed by atoms with Gasteiger partial charge in [0, 0.05) is 16.4 Å². The second-order valence-electron chi connectivity index (χ2n) is 2.57. The Labute approximate surface area is 90.2 Å². The van der Waals surface area contributed by atoms with E-state index in [9.17, 15) is 0 Å². The summed E-state index contributed by atoms with van der Waals surface area (Å²) in [6.07, 6.45) is 0. The molecule has 3 N–H and O–H groups in total. The fraction of sp³-hybridized carbons (Fsp3) is 0.125. The normalized spacial score (nSPS) is 10.0. The highest BCUT2D eigenvalue weighted by atomic mass is 79.9. The van der Waals surface area contributed by atoms with Crippen LogP contribution in [0.1, 0.15) is 5.69 Å². The van der Waals surface area contributed by atoms with Crippen LogP contribution in [0, 0.1) is 0 Å². The monoisotopic (exact) mass is 261 g/mol. The van der Waals surface area contributed by atoms with E-state index < -0.39 is 0 Å². The molecule has 0 radical (unpaired) electrons. The van der Waals surface area contributed by atoms with E-state index in [1.807, 2.05) is 18.2 Å². The van der Waals surface area contributed by atoms with Crippen LogP contribution >= 0.6 is 28.3 Å². The van der Waals surface area contributed by atoms with Crippen molar-refractivity contribution in [3.63, 3.8) is 0 Å². The number of nitrogens with one attached hydrogen (secondary N) is 1. The first kappa shape index (κ1) is 10.5. The number of benzene rings is 1. The van der Waals surface area contributed by atoms with Crippen molar-refractivity contribution in [3.8, 4) is 0 Å². The molecule has 0 aliphatic rings. The Morgan fingerprint density at radius 2 is 2.23 bits per heavy atom. The number of aromatic amines is 1. The molecule has 5 heteroatoms. The van der Waals surface area contributed by atoms with Crippen molar-refractivity contribution in [2.75, 3.05) is 0 Å². The summed E-state index contributed by atoms with van der Waals surface area (Å²) in [6, 6.07) is 5.95. The SMILES string of the molecule is Cl.NCc1[nH]nc2cc(Br)ccc12. The molecule has 70 valence electrons. The van der Waals surface area contributed by atoms with Crippen LogP contribution in [-0.2, 0) is 6.54 Å². The minimum Gasteiger partial charge on any atom is -0.325 e. The molecule has 2 aromatic rings. The topological polar surface area (TPSA) is 54.7 Å². The summed E-state index contributed by atoms with van der Waals surface area (Å²) in [5, 5.41) is 8.11. The van der Waals surface area contributed by atoms with Gasteiger partial charge < -0.3 is 5.73 Å². The van der Waals surface area contributed by atoms with E-state index in [1.54, 1.807) is 0 Å². The van der Waals surface area contributed by atoms with Crippen LogP contribution in [-0.4, -0.2) is 10.2 Å². The number of halogens is 2. The average Bonchev–Trinajstić information content (AvgIpc) is 2.46. The Kier molecular flexibility index (Phi) is 3.30. The lowest BCUT2D eigenvalue weighted by Gasteiger charge is -1.91. The van der Waals surface area contributed by atoms with Gasteiger partial charge in [0.1, 0.15) is 0 Å². The number of fused-ring (bicyclic) bond motifs is 1. The van der Waals surface area contributed by atoms with Crippen LogP contribution in [0.15, 0.2) is 22.7 Å². The molecule has 3 nitrogen and oxygen atoms in total. The fourth-order valence-electron chi connectivity index (χ4n) is 1.20. The maximum Gasteiger partial charge on any atom is 0.0935 e. The molecule has 1 aromatic heterocycles. The van der Waals surface area contributed by atoms with Crippen molar-refractivity contribution in [1.29, 1.82) is 0 Å². The molecule has 0 atom stereocenters. The van der Waals surface area contributed by atoms with E-state index in [1.165, 1.54) is 0 Å². The lowest BCUT2D eigenvalue weighted by molar-refractivity contribution is 0.959. The van der Waals surface area contributed by atoms with Crippen LogP contribution < -0.4 is 5.73 Å². The molecule has 0 unspecified atom stereocenters. The zero-order valence-corrected chi connectivity index (χ0v) is 9.15. The van der Waals surface area contributed by atoms with Gasteiger partial charge in [-0.1, -0.05) is 15.9 Å². The summed E-state index contributed by atoms with van der Waals surface area (Å²) < 4.78 is 1.03. The first-order chi connectivity index (χ1) is 5.81. The standard InChI is InChI=1S/C8H8BrN3.ClH/c9-5-1-2-6-7(3-5)11-12-8(6)4-10;/h1-3H,4,10H2,(H,11,12);1H. The molecule has 0 aliphatic carbocycles. The third-order valence-corrected chi connectivity index (χ3v) is 2.29. The van der Waals surface area contributed by atoms with Crippen molar-refractivity contribution >= 4 is 39.2 Å². The number of hydrogen-bond donors (Lipinski definition) is 2. The van der Waals surface area contributed by atoms with Gasteiger partial charge in [-0.05, 0) is 18.2 Å². The van der Waals surface area contributed by atoms with Gasteiger partial charge in [-0.3, -0.25) is 5.10 Å². The molecule has 0 aliphatic heterocycles. The summed E-state index contributed by atoms with van der Waals surface area (Å²) >= 11 is 3.38. The van der Waals surface area contributed by atoms with Gasteiger partial charge in [0.2, 0.25) is 0 Å². The highest BCUT2D eigenvalue weighted by Gasteiger charge is 2.02. The molecule has 2 rings (SSSR count). The van der Waals surface area contributed by atoms with Gasteiger partial charge in [-0.2, -0.15) is 5.10 Å². The summed E-state index contributed by atoms with van der Waals surface area (Å²) in [5.41, 5.74) is 7.45. The average molecular weight is 263 g/mol. The first-order valence-corrected chi connectivity index (χ1v) is 4.43. The summed E-state index contributed by atoms with van der Waals surface area (Å²) in [5.74, 6) is 0. The van der Waals surface area contributed by atoms with Crippen molar-refractivity contribution in [2.24, 2.45) is 5.73 Å². The number of hydrogen-bond acceptors (Lipinski definition) is 2. The van der Waals surface area contributed by atoms with Crippen molar-refractivity contribution in [3.05, 3.63) is 28.4 Å². The zero-order chi connectivity index (χ0) is 8.55. The van der Waals surface area contributed by atoms with E-state index in [4.69, 9.17) is 5.73 Å². The van der Waals surface area contributed by atoms with E-state index in [0.717, 1.165) is 21.1 Å². The second kappa shape index (κ2) is 4.09. The van der Waals surface area contributed by atoms with Crippen molar-refractivity contribution in [1.82, 2.24) is 10.2 Å². The van der Waals surface area contributed by atoms with Crippen molar-refractivity contribution < 1.29 is 0 Å². The fourth-order valence-corrected chi connectivity index (χ4v) is 1.55. The molecule has 13 heavy (non-hydrogen) atoms. The molecular weight excluding hydrogens is 253 g/mol. The Balaban J connectivity index is 0.000000845. The summed E-state index contributed by atoms with van der Waals surface area (Å²) in [6.45, 7) is 0.498. The molecule has 0 amide bonds.